The number of hydrogen-bond acceptors (Lipinski definition) is 5. The summed E-state index contributed by atoms with van der Waals surface area (Å²) < 4.78 is 13.5. The van der Waals surface area contributed by atoms with Crippen molar-refractivity contribution in [1.29, 1.82) is 10.8 Å². The molecule has 170 valence electrons. The Bertz CT molecular complexity index is 1010. The van der Waals surface area contributed by atoms with Gasteiger partial charge in [-0.15, -0.1) is 6.58 Å². The van der Waals surface area contributed by atoms with Crippen LogP contribution in [0, 0.1) is 10.8 Å². The Morgan fingerprint density at radius 3 is 2.59 bits per heavy atom. The van der Waals surface area contributed by atoms with E-state index in [2.05, 4.69) is 24.8 Å². The maximum absolute atomic E-state index is 8.65. The zero-order chi connectivity index (χ0) is 22.5. The Morgan fingerprint density at radius 2 is 1.84 bits per heavy atom. The normalized spacial score (nSPS) is 21.1. The number of benzene rings is 1. The number of aromatic nitrogens is 1. The number of ether oxygens (including phenoxy) is 2. The summed E-state index contributed by atoms with van der Waals surface area (Å²) in [4.78, 5) is 1.99. The third-order valence-electron chi connectivity index (χ3n) is 6.45. The highest BCUT2D eigenvalue weighted by molar-refractivity contribution is 5.79. The van der Waals surface area contributed by atoms with Crippen LogP contribution in [-0.2, 0) is 4.74 Å². The van der Waals surface area contributed by atoms with E-state index in [1.807, 2.05) is 17.0 Å². The van der Waals surface area contributed by atoms with Crippen molar-refractivity contribution in [3.63, 3.8) is 0 Å². The molecule has 7 nitrogen and oxygen atoms in total. The summed E-state index contributed by atoms with van der Waals surface area (Å²) in [5.41, 5.74) is 9.03. The lowest BCUT2D eigenvalue weighted by Gasteiger charge is -2.33. The molecule has 4 N–H and O–H groups in total. The molecule has 0 saturated carbocycles. The highest BCUT2D eigenvalue weighted by Gasteiger charge is 2.26. The molecule has 0 bridgehead atoms. The molecule has 2 atom stereocenters. The van der Waals surface area contributed by atoms with Crippen molar-refractivity contribution >= 4 is 5.96 Å². The molecule has 2 unspecified atom stereocenters. The van der Waals surface area contributed by atoms with Crippen molar-refractivity contribution in [3.8, 4) is 5.75 Å². The van der Waals surface area contributed by atoms with Crippen molar-refractivity contribution in [2.75, 3.05) is 26.3 Å². The average molecular weight is 436 g/mol. The van der Waals surface area contributed by atoms with Gasteiger partial charge in [0.05, 0.1) is 25.5 Å². The molecular formula is C25H33N5O2. The van der Waals surface area contributed by atoms with Gasteiger partial charge in [-0.3, -0.25) is 15.4 Å². The van der Waals surface area contributed by atoms with Crippen LogP contribution >= 0.6 is 0 Å². The predicted molar refractivity (Wildman–Crippen MR) is 125 cm³/mol. The number of nitrogens with zero attached hydrogens (tertiary/aromatic N) is 2. The molecule has 1 aromatic carbocycles. The Balaban J connectivity index is 1.40. The lowest BCUT2D eigenvalue weighted by molar-refractivity contribution is 0.0352. The molecule has 2 heterocycles. The fourth-order valence-electron chi connectivity index (χ4n) is 4.61. The summed E-state index contributed by atoms with van der Waals surface area (Å²) >= 11 is 0. The first kappa shape index (κ1) is 22.3. The highest BCUT2D eigenvalue weighted by atomic mass is 16.5. The van der Waals surface area contributed by atoms with Crippen molar-refractivity contribution in [2.45, 2.75) is 43.7 Å². The van der Waals surface area contributed by atoms with Crippen LogP contribution in [0.4, 0.5) is 0 Å². The van der Waals surface area contributed by atoms with Gasteiger partial charge in [0.2, 0.25) is 5.96 Å². The van der Waals surface area contributed by atoms with Gasteiger partial charge in [-0.05, 0) is 48.9 Å². The molecular weight excluding hydrogens is 402 g/mol. The number of fused-ring (bicyclic) bond motifs is 1. The molecule has 7 heteroatoms. The Hall–Kier alpha value is -2.90. The molecule has 0 spiro atoms. The topological polar surface area (TPSA) is 100 Å². The summed E-state index contributed by atoms with van der Waals surface area (Å²) in [5.74, 6) is 1.27. The summed E-state index contributed by atoms with van der Waals surface area (Å²) in [6.07, 6.45) is 7.40. The zero-order valence-electron chi connectivity index (χ0n) is 18.5. The number of nitrogens with two attached hydrogens (primary N) is 1. The number of piperidine rings is 1. The average Bonchev–Trinajstić information content (AvgIpc) is 2.83. The van der Waals surface area contributed by atoms with Gasteiger partial charge in [0.25, 0.3) is 0 Å². The smallest absolute Gasteiger partial charge is 0.203 e. The van der Waals surface area contributed by atoms with Crippen LogP contribution in [0.5, 0.6) is 5.75 Å². The SMILES string of the molecule is C=CCOC1CCN(C(=N)n2cc(OCC3CCC(N)c4ccccc43)ccc2=N)CC1. The lowest BCUT2D eigenvalue weighted by Crippen LogP contribution is -2.45. The predicted octanol–water partition coefficient (Wildman–Crippen LogP) is 3.37. The van der Waals surface area contributed by atoms with Gasteiger partial charge >= 0.3 is 0 Å². The molecule has 0 amide bonds. The fourth-order valence-corrected chi connectivity index (χ4v) is 4.61. The van der Waals surface area contributed by atoms with Crippen LogP contribution in [0.3, 0.4) is 0 Å². The zero-order valence-corrected chi connectivity index (χ0v) is 18.5. The molecule has 1 fully saturated rings. The van der Waals surface area contributed by atoms with E-state index >= 15 is 0 Å². The molecule has 4 rings (SSSR count). The number of nitrogens with one attached hydrogen (secondary N) is 2. The van der Waals surface area contributed by atoms with Crippen LogP contribution in [-0.4, -0.2) is 47.8 Å². The fraction of sp³-hybridized carbons (Fsp3) is 0.440. The molecule has 1 saturated heterocycles. The molecule has 32 heavy (non-hydrogen) atoms. The molecule has 2 aliphatic rings. The maximum atomic E-state index is 8.65. The summed E-state index contributed by atoms with van der Waals surface area (Å²) in [7, 11) is 0. The number of likely N-dealkylation sites (tertiary alicyclic amines) is 1. The summed E-state index contributed by atoms with van der Waals surface area (Å²) in [6, 6.07) is 11.9. The van der Waals surface area contributed by atoms with Gasteiger partial charge in [0.1, 0.15) is 11.2 Å². The van der Waals surface area contributed by atoms with E-state index in [1.165, 1.54) is 11.1 Å². The van der Waals surface area contributed by atoms with Gasteiger partial charge in [0.15, 0.2) is 0 Å². The van der Waals surface area contributed by atoms with E-state index in [1.54, 1.807) is 22.9 Å². The Morgan fingerprint density at radius 1 is 1.09 bits per heavy atom. The molecule has 1 aromatic heterocycles. The molecule has 1 aliphatic heterocycles. The van der Waals surface area contributed by atoms with Crippen LogP contribution in [0.1, 0.15) is 48.8 Å². The van der Waals surface area contributed by atoms with E-state index < -0.39 is 0 Å². The second-order valence-corrected chi connectivity index (χ2v) is 8.57. The van der Waals surface area contributed by atoms with E-state index in [9.17, 15) is 0 Å². The van der Waals surface area contributed by atoms with Crippen molar-refractivity contribution in [3.05, 3.63) is 71.9 Å². The first-order valence-electron chi connectivity index (χ1n) is 11.4. The first-order chi connectivity index (χ1) is 15.6. The Labute approximate surface area is 189 Å². The van der Waals surface area contributed by atoms with E-state index in [-0.39, 0.29) is 17.6 Å². The molecule has 2 aromatic rings. The van der Waals surface area contributed by atoms with Gasteiger partial charge in [-0.1, -0.05) is 30.3 Å². The van der Waals surface area contributed by atoms with E-state index in [0.29, 0.717) is 30.8 Å². The maximum Gasteiger partial charge on any atom is 0.203 e. The first-order valence-corrected chi connectivity index (χ1v) is 11.4. The van der Waals surface area contributed by atoms with Crippen molar-refractivity contribution < 1.29 is 9.47 Å². The van der Waals surface area contributed by atoms with Crippen molar-refractivity contribution in [1.82, 2.24) is 9.47 Å². The minimum atomic E-state index is 0.0963. The van der Waals surface area contributed by atoms with Gasteiger partial charge in [0, 0.05) is 25.0 Å². The Kier molecular flexibility index (Phi) is 7.07. The number of pyridine rings is 1. The van der Waals surface area contributed by atoms with Crippen LogP contribution in [0.15, 0.2) is 55.3 Å². The number of rotatable bonds is 6. The number of hydrogen-bond donors (Lipinski definition) is 3. The highest BCUT2D eigenvalue weighted by Crippen LogP contribution is 2.36. The third-order valence-corrected chi connectivity index (χ3v) is 6.45. The van der Waals surface area contributed by atoms with Crippen LogP contribution in [0.25, 0.3) is 0 Å². The standard InChI is InChI=1S/C25H33N5O2/c1-2-15-31-19-11-13-29(14-12-19)25(28)30-16-20(8-10-24(30)27)32-17-18-7-9-23(26)22-6-4-3-5-21(18)22/h2-6,8,10,16,18-19,23,27-28H,1,7,9,11-15,17,26H2. The molecule has 1 aliphatic carbocycles. The molecule has 0 radical (unpaired) electrons. The van der Waals surface area contributed by atoms with Crippen LogP contribution < -0.4 is 16.0 Å². The quantitative estimate of drug-likeness (QED) is 0.368. The summed E-state index contributed by atoms with van der Waals surface area (Å²) in [6.45, 7) is 6.28. The van der Waals surface area contributed by atoms with E-state index in [0.717, 1.165) is 38.8 Å². The third kappa shape index (κ3) is 4.95. The van der Waals surface area contributed by atoms with Gasteiger partial charge in [-0.2, -0.15) is 0 Å². The van der Waals surface area contributed by atoms with Crippen LogP contribution in [0.2, 0.25) is 0 Å². The second kappa shape index (κ2) is 10.1. The largest absolute Gasteiger partial charge is 0.491 e. The van der Waals surface area contributed by atoms with Gasteiger partial charge in [-0.25, -0.2) is 0 Å². The minimum Gasteiger partial charge on any atom is -0.491 e. The lowest BCUT2D eigenvalue weighted by atomic mass is 9.81. The second-order valence-electron chi connectivity index (χ2n) is 8.57. The monoisotopic (exact) mass is 435 g/mol. The van der Waals surface area contributed by atoms with E-state index in [4.69, 9.17) is 26.0 Å². The minimum absolute atomic E-state index is 0.0963. The summed E-state index contributed by atoms with van der Waals surface area (Å²) in [5, 5.41) is 16.9. The van der Waals surface area contributed by atoms with Crippen molar-refractivity contribution in [2.24, 2.45) is 5.73 Å². The van der Waals surface area contributed by atoms with Gasteiger partial charge < -0.3 is 20.1 Å².